The zero-order valence-electron chi connectivity index (χ0n) is 10.4. The van der Waals surface area contributed by atoms with Crippen LogP contribution >= 0.6 is 0 Å². The van der Waals surface area contributed by atoms with Crippen molar-refractivity contribution in [2.75, 3.05) is 5.32 Å². The quantitative estimate of drug-likeness (QED) is 0.654. The Morgan fingerprint density at radius 1 is 1.05 bits per heavy atom. The molecule has 0 aliphatic rings. The first-order valence-corrected chi connectivity index (χ1v) is 5.75. The molecule has 0 radical (unpaired) electrons. The van der Waals surface area contributed by atoms with Crippen LogP contribution in [0.15, 0.2) is 42.5 Å². The molecule has 0 bridgehead atoms. The third kappa shape index (κ3) is 3.31. The number of aromatic hydroxyl groups is 1. The molecule has 0 aliphatic heterocycles. The first-order valence-electron chi connectivity index (χ1n) is 5.75. The fraction of sp³-hybridized carbons (Fsp3) is 0.0714. The van der Waals surface area contributed by atoms with Gasteiger partial charge in [0.15, 0.2) is 0 Å². The van der Waals surface area contributed by atoms with Crippen molar-refractivity contribution in [3.05, 3.63) is 59.4 Å². The van der Waals surface area contributed by atoms with Gasteiger partial charge in [-0.25, -0.2) is 4.39 Å². The molecule has 0 saturated heterocycles. The Bertz CT molecular complexity index is 666. The van der Waals surface area contributed by atoms with E-state index < -0.39 is 29.0 Å². The largest absolute Gasteiger partial charge is 0.508 e. The van der Waals surface area contributed by atoms with Crippen molar-refractivity contribution in [3.8, 4) is 5.75 Å². The van der Waals surface area contributed by atoms with Gasteiger partial charge in [-0.1, -0.05) is 6.07 Å². The van der Waals surface area contributed by atoms with Gasteiger partial charge in [0.2, 0.25) is 0 Å². The number of halogens is 4. The Morgan fingerprint density at radius 2 is 1.67 bits per heavy atom. The van der Waals surface area contributed by atoms with Crippen molar-refractivity contribution in [1.29, 1.82) is 0 Å². The van der Waals surface area contributed by atoms with Gasteiger partial charge in [0.25, 0.3) is 5.91 Å². The zero-order valence-corrected chi connectivity index (χ0v) is 10.4. The molecule has 0 saturated carbocycles. The third-order valence-electron chi connectivity index (χ3n) is 2.67. The molecule has 1 amide bonds. The Kier molecular flexibility index (Phi) is 3.84. The summed E-state index contributed by atoms with van der Waals surface area (Å²) in [6.45, 7) is 0. The number of phenols is 1. The number of nitrogens with one attached hydrogen (secondary N) is 1. The number of anilines is 1. The smallest absolute Gasteiger partial charge is 0.419 e. The number of amides is 1. The second kappa shape index (κ2) is 5.43. The van der Waals surface area contributed by atoms with Crippen molar-refractivity contribution < 1.29 is 27.5 Å². The average molecular weight is 299 g/mol. The number of phenolic OH excluding ortho intramolecular Hbond substituents is 1. The summed E-state index contributed by atoms with van der Waals surface area (Å²) < 4.78 is 51.5. The highest BCUT2D eigenvalue weighted by Crippen LogP contribution is 2.32. The molecule has 0 fully saturated rings. The van der Waals surface area contributed by atoms with E-state index in [4.69, 9.17) is 5.11 Å². The second-order valence-electron chi connectivity index (χ2n) is 4.17. The van der Waals surface area contributed by atoms with Crippen LogP contribution < -0.4 is 5.32 Å². The highest BCUT2D eigenvalue weighted by molar-refractivity contribution is 6.04. The number of hydrogen-bond acceptors (Lipinski definition) is 2. The van der Waals surface area contributed by atoms with Gasteiger partial charge >= 0.3 is 6.18 Å². The maximum Gasteiger partial charge on any atom is 0.419 e. The summed E-state index contributed by atoms with van der Waals surface area (Å²) in [4.78, 5) is 11.8. The van der Waals surface area contributed by atoms with Gasteiger partial charge in [-0.15, -0.1) is 0 Å². The molecule has 0 spiro atoms. The van der Waals surface area contributed by atoms with Gasteiger partial charge in [0, 0.05) is 5.69 Å². The van der Waals surface area contributed by atoms with Gasteiger partial charge in [-0.2, -0.15) is 13.2 Å². The number of benzene rings is 2. The second-order valence-corrected chi connectivity index (χ2v) is 4.17. The molecular weight excluding hydrogens is 290 g/mol. The number of carbonyl (C=O) groups is 1. The van der Waals surface area contributed by atoms with Gasteiger partial charge in [-0.05, 0) is 36.4 Å². The van der Waals surface area contributed by atoms with Gasteiger partial charge in [-0.3, -0.25) is 4.79 Å². The van der Waals surface area contributed by atoms with E-state index in [1.165, 1.54) is 24.3 Å². The normalized spacial score (nSPS) is 11.2. The standard InChI is InChI=1S/C14H9F4NO2/c15-12-10(2-1-3-11(12)14(16,17)18)13(21)19-8-4-6-9(20)7-5-8/h1-7,20H,(H,19,21). The summed E-state index contributed by atoms with van der Waals surface area (Å²) in [5.74, 6) is -2.68. The van der Waals surface area contributed by atoms with Crippen LogP contribution in [-0.2, 0) is 6.18 Å². The monoisotopic (exact) mass is 299 g/mol. The van der Waals surface area contributed by atoms with E-state index in [2.05, 4.69) is 5.32 Å². The van der Waals surface area contributed by atoms with Crippen LogP contribution in [0.25, 0.3) is 0 Å². The van der Waals surface area contributed by atoms with Crippen LogP contribution in [0.4, 0.5) is 23.2 Å². The molecule has 7 heteroatoms. The summed E-state index contributed by atoms with van der Waals surface area (Å²) in [5, 5.41) is 11.3. The molecular formula is C14H9F4NO2. The zero-order chi connectivity index (χ0) is 15.6. The minimum Gasteiger partial charge on any atom is -0.508 e. The highest BCUT2D eigenvalue weighted by atomic mass is 19.4. The van der Waals surface area contributed by atoms with Gasteiger partial charge < -0.3 is 10.4 Å². The molecule has 2 rings (SSSR count). The van der Waals surface area contributed by atoms with Gasteiger partial charge in [0.1, 0.15) is 11.6 Å². The summed E-state index contributed by atoms with van der Waals surface area (Å²) in [5.41, 5.74) is -1.99. The van der Waals surface area contributed by atoms with Crippen LogP contribution in [0.1, 0.15) is 15.9 Å². The van der Waals surface area contributed by atoms with E-state index in [0.29, 0.717) is 6.07 Å². The highest BCUT2D eigenvalue weighted by Gasteiger charge is 2.35. The molecule has 0 aliphatic carbocycles. The van der Waals surface area contributed by atoms with E-state index in [1.807, 2.05) is 0 Å². The van der Waals surface area contributed by atoms with Crippen LogP contribution in [-0.4, -0.2) is 11.0 Å². The Labute approximate surface area is 116 Å². The van der Waals surface area contributed by atoms with E-state index >= 15 is 0 Å². The van der Waals surface area contributed by atoms with E-state index in [-0.39, 0.29) is 11.4 Å². The average Bonchev–Trinajstić information content (AvgIpc) is 2.40. The van der Waals surface area contributed by atoms with Crippen molar-refractivity contribution in [2.45, 2.75) is 6.18 Å². The summed E-state index contributed by atoms with van der Waals surface area (Å²) in [6, 6.07) is 7.69. The summed E-state index contributed by atoms with van der Waals surface area (Å²) in [6.07, 6.45) is -4.88. The van der Waals surface area contributed by atoms with Crippen molar-refractivity contribution >= 4 is 11.6 Å². The van der Waals surface area contributed by atoms with Gasteiger partial charge in [0.05, 0.1) is 11.1 Å². The number of carbonyl (C=O) groups excluding carboxylic acids is 1. The van der Waals surface area contributed by atoms with Crippen molar-refractivity contribution in [1.82, 2.24) is 0 Å². The SMILES string of the molecule is O=C(Nc1ccc(O)cc1)c1cccc(C(F)(F)F)c1F. The number of hydrogen-bond donors (Lipinski definition) is 2. The first-order chi connectivity index (χ1) is 9.79. The molecule has 0 heterocycles. The molecule has 0 aromatic heterocycles. The molecule has 0 unspecified atom stereocenters. The predicted octanol–water partition coefficient (Wildman–Crippen LogP) is 3.80. The Hall–Kier alpha value is -2.57. The van der Waals surface area contributed by atoms with Crippen LogP contribution in [0.5, 0.6) is 5.75 Å². The molecule has 110 valence electrons. The molecule has 2 aromatic carbocycles. The molecule has 0 atom stereocenters. The fourth-order valence-electron chi connectivity index (χ4n) is 1.67. The van der Waals surface area contributed by atoms with Crippen molar-refractivity contribution in [2.24, 2.45) is 0 Å². The minimum atomic E-state index is -4.88. The fourth-order valence-corrected chi connectivity index (χ4v) is 1.67. The first kappa shape index (κ1) is 14.8. The molecule has 21 heavy (non-hydrogen) atoms. The number of alkyl halides is 3. The predicted molar refractivity (Wildman–Crippen MR) is 67.5 cm³/mol. The summed E-state index contributed by atoms with van der Waals surface area (Å²) in [7, 11) is 0. The van der Waals surface area contributed by atoms with Crippen molar-refractivity contribution in [3.63, 3.8) is 0 Å². The number of rotatable bonds is 2. The van der Waals surface area contributed by atoms with E-state index in [1.54, 1.807) is 0 Å². The van der Waals surface area contributed by atoms with Crippen LogP contribution in [0.2, 0.25) is 0 Å². The maximum atomic E-state index is 13.8. The lowest BCUT2D eigenvalue weighted by atomic mass is 10.1. The van der Waals surface area contributed by atoms with E-state index in [9.17, 15) is 22.4 Å². The Balaban J connectivity index is 2.30. The minimum absolute atomic E-state index is 0.0433. The van der Waals surface area contributed by atoms with E-state index in [0.717, 1.165) is 12.1 Å². The van der Waals surface area contributed by atoms with Crippen LogP contribution in [0, 0.1) is 5.82 Å². The molecule has 2 aromatic rings. The maximum absolute atomic E-state index is 13.8. The molecule has 3 nitrogen and oxygen atoms in total. The lowest BCUT2D eigenvalue weighted by Gasteiger charge is -2.11. The third-order valence-corrected chi connectivity index (χ3v) is 2.67. The summed E-state index contributed by atoms with van der Waals surface area (Å²) >= 11 is 0. The Morgan fingerprint density at radius 3 is 2.24 bits per heavy atom. The topological polar surface area (TPSA) is 49.3 Å². The molecule has 2 N–H and O–H groups in total. The van der Waals surface area contributed by atoms with Crippen LogP contribution in [0.3, 0.4) is 0 Å². The lowest BCUT2D eigenvalue weighted by Crippen LogP contribution is -2.17. The lowest BCUT2D eigenvalue weighted by molar-refractivity contribution is -0.140.